The summed E-state index contributed by atoms with van der Waals surface area (Å²) in [6.45, 7) is 1.69. The van der Waals surface area contributed by atoms with Crippen LogP contribution in [0, 0.1) is 5.92 Å². The second-order valence-corrected chi connectivity index (χ2v) is 5.83. The van der Waals surface area contributed by atoms with Crippen LogP contribution in [0.15, 0.2) is 24.3 Å². The molecule has 0 aromatic heterocycles. The Morgan fingerprint density at radius 2 is 2.26 bits per heavy atom. The van der Waals surface area contributed by atoms with Crippen molar-refractivity contribution in [3.63, 3.8) is 0 Å². The van der Waals surface area contributed by atoms with E-state index in [0.29, 0.717) is 0 Å². The molecule has 4 nitrogen and oxygen atoms in total. The van der Waals surface area contributed by atoms with Gasteiger partial charge in [-0.05, 0) is 24.0 Å². The van der Waals surface area contributed by atoms with E-state index in [0.717, 1.165) is 18.4 Å². The Morgan fingerprint density at radius 3 is 2.95 bits per heavy atom. The van der Waals surface area contributed by atoms with Gasteiger partial charge in [-0.3, -0.25) is 4.79 Å². The van der Waals surface area contributed by atoms with Crippen LogP contribution in [0.3, 0.4) is 0 Å². The molecule has 1 N–H and O–H groups in total. The highest BCUT2D eigenvalue weighted by Crippen LogP contribution is 2.64. The molecule has 1 saturated carbocycles. The second kappa shape index (κ2) is 3.38. The van der Waals surface area contributed by atoms with Gasteiger partial charge in [0.05, 0.1) is 6.61 Å². The van der Waals surface area contributed by atoms with Crippen molar-refractivity contribution in [3.05, 3.63) is 35.4 Å². The third-order valence-electron chi connectivity index (χ3n) is 4.99. The number of benzene rings is 1. The summed E-state index contributed by atoms with van der Waals surface area (Å²) in [6, 6.07) is 7.95. The van der Waals surface area contributed by atoms with Crippen LogP contribution in [0.25, 0.3) is 0 Å². The molecule has 0 amide bonds. The molecule has 4 unspecified atom stereocenters. The van der Waals surface area contributed by atoms with Gasteiger partial charge in [0.2, 0.25) is 0 Å². The van der Waals surface area contributed by atoms with Crippen LogP contribution >= 0.6 is 0 Å². The highest BCUT2D eigenvalue weighted by molar-refractivity contribution is 5.66. The van der Waals surface area contributed by atoms with Crippen molar-refractivity contribution >= 4 is 5.97 Å². The van der Waals surface area contributed by atoms with Gasteiger partial charge in [0, 0.05) is 12.8 Å². The molecule has 1 heterocycles. The summed E-state index contributed by atoms with van der Waals surface area (Å²) in [5.41, 5.74) is 0.433. The normalized spacial score (nSPS) is 42.0. The molecule has 4 atom stereocenters. The number of ether oxygens (including phenoxy) is 2. The van der Waals surface area contributed by atoms with Gasteiger partial charge in [-0.1, -0.05) is 24.3 Å². The summed E-state index contributed by atoms with van der Waals surface area (Å²) in [5.74, 6) is -0.0694. The van der Waals surface area contributed by atoms with Gasteiger partial charge in [-0.15, -0.1) is 0 Å². The standard InChI is InChI=1S/C15H16O4/c1-9(16)19-13-7-11-6-10-4-2-3-5-12(10)14(17)8-18-15(11,13)14/h2-5,11,13,17H,6-8H2,1H3. The van der Waals surface area contributed by atoms with Crippen LogP contribution in [-0.2, 0) is 26.3 Å². The molecule has 1 aromatic rings. The lowest BCUT2D eigenvalue weighted by Gasteiger charge is -2.69. The molecule has 1 saturated heterocycles. The van der Waals surface area contributed by atoms with Crippen LogP contribution in [0.4, 0.5) is 0 Å². The molecule has 1 aliphatic heterocycles. The number of esters is 1. The van der Waals surface area contributed by atoms with Crippen LogP contribution in [0.5, 0.6) is 0 Å². The van der Waals surface area contributed by atoms with E-state index >= 15 is 0 Å². The molecule has 4 rings (SSSR count). The number of fused-ring (bicyclic) bond motifs is 2. The average Bonchev–Trinajstić information content (AvgIpc) is 2.34. The Morgan fingerprint density at radius 1 is 1.47 bits per heavy atom. The minimum atomic E-state index is -0.995. The van der Waals surface area contributed by atoms with E-state index in [-0.39, 0.29) is 24.6 Å². The maximum atomic E-state index is 11.2. The molecule has 1 spiro atoms. The van der Waals surface area contributed by atoms with E-state index in [1.807, 2.05) is 18.2 Å². The molecule has 19 heavy (non-hydrogen) atoms. The van der Waals surface area contributed by atoms with Crippen LogP contribution in [0.1, 0.15) is 24.5 Å². The zero-order valence-corrected chi connectivity index (χ0v) is 10.8. The van der Waals surface area contributed by atoms with E-state index in [1.54, 1.807) is 0 Å². The first-order chi connectivity index (χ1) is 9.08. The highest BCUT2D eigenvalue weighted by atomic mass is 16.6. The minimum Gasteiger partial charge on any atom is -0.459 e. The summed E-state index contributed by atoms with van der Waals surface area (Å²) in [7, 11) is 0. The summed E-state index contributed by atoms with van der Waals surface area (Å²) in [6.07, 6.45) is 1.34. The molecular formula is C15H16O4. The van der Waals surface area contributed by atoms with Crippen molar-refractivity contribution in [2.75, 3.05) is 6.61 Å². The van der Waals surface area contributed by atoms with Crippen molar-refractivity contribution in [2.45, 2.75) is 37.1 Å². The zero-order valence-electron chi connectivity index (χ0n) is 10.8. The molecular weight excluding hydrogens is 244 g/mol. The third-order valence-corrected chi connectivity index (χ3v) is 4.99. The van der Waals surface area contributed by atoms with Gasteiger partial charge < -0.3 is 14.6 Å². The fourth-order valence-electron chi connectivity index (χ4n) is 4.13. The number of rotatable bonds is 1. The number of carbonyl (C=O) groups excluding carboxylic acids is 1. The van der Waals surface area contributed by atoms with Gasteiger partial charge in [0.15, 0.2) is 0 Å². The molecule has 100 valence electrons. The van der Waals surface area contributed by atoms with Gasteiger partial charge in [0.25, 0.3) is 0 Å². The van der Waals surface area contributed by atoms with E-state index in [1.165, 1.54) is 12.5 Å². The first kappa shape index (κ1) is 11.4. The lowest BCUT2D eigenvalue weighted by Crippen LogP contribution is -2.82. The summed E-state index contributed by atoms with van der Waals surface area (Å²) < 4.78 is 11.1. The number of hydrogen-bond donors (Lipinski definition) is 1. The molecule has 2 fully saturated rings. The maximum Gasteiger partial charge on any atom is 0.303 e. The van der Waals surface area contributed by atoms with Crippen LogP contribution in [-0.4, -0.2) is 29.4 Å². The van der Waals surface area contributed by atoms with Gasteiger partial charge in [-0.2, -0.15) is 0 Å². The Balaban J connectivity index is 1.78. The van der Waals surface area contributed by atoms with Gasteiger partial charge in [-0.25, -0.2) is 0 Å². The Kier molecular flexibility index (Phi) is 2.03. The highest BCUT2D eigenvalue weighted by Gasteiger charge is 2.77. The number of hydrogen-bond acceptors (Lipinski definition) is 4. The largest absolute Gasteiger partial charge is 0.459 e. The van der Waals surface area contributed by atoms with E-state index in [9.17, 15) is 9.90 Å². The molecule has 4 heteroatoms. The summed E-state index contributed by atoms with van der Waals surface area (Å²) >= 11 is 0. The summed E-state index contributed by atoms with van der Waals surface area (Å²) in [4.78, 5) is 11.2. The van der Waals surface area contributed by atoms with Gasteiger partial charge in [0.1, 0.15) is 17.3 Å². The number of carbonyl (C=O) groups is 1. The fourth-order valence-corrected chi connectivity index (χ4v) is 4.13. The van der Waals surface area contributed by atoms with Crippen molar-refractivity contribution in [2.24, 2.45) is 5.92 Å². The Bertz CT molecular complexity index is 569. The van der Waals surface area contributed by atoms with Crippen molar-refractivity contribution < 1.29 is 19.4 Å². The first-order valence-electron chi connectivity index (χ1n) is 6.70. The monoisotopic (exact) mass is 260 g/mol. The molecule has 3 aliphatic rings. The Hall–Kier alpha value is -1.39. The third kappa shape index (κ3) is 1.15. The lowest BCUT2D eigenvalue weighted by atomic mass is 9.49. The number of aliphatic hydroxyl groups is 1. The second-order valence-electron chi connectivity index (χ2n) is 5.83. The average molecular weight is 260 g/mol. The topological polar surface area (TPSA) is 55.8 Å². The predicted molar refractivity (Wildman–Crippen MR) is 66.4 cm³/mol. The van der Waals surface area contributed by atoms with Crippen LogP contribution < -0.4 is 0 Å². The molecule has 2 aliphatic carbocycles. The fraction of sp³-hybridized carbons (Fsp3) is 0.533. The zero-order chi connectivity index (χ0) is 13.3. The summed E-state index contributed by atoms with van der Waals surface area (Å²) in [5, 5.41) is 11.0. The Labute approximate surface area is 111 Å². The van der Waals surface area contributed by atoms with E-state index < -0.39 is 11.2 Å². The first-order valence-corrected chi connectivity index (χ1v) is 6.70. The minimum absolute atomic E-state index is 0.241. The molecule has 0 radical (unpaired) electrons. The smallest absolute Gasteiger partial charge is 0.303 e. The van der Waals surface area contributed by atoms with Crippen LogP contribution in [0.2, 0.25) is 0 Å². The van der Waals surface area contributed by atoms with Crippen molar-refractivity contribution in [1.82, 2.24) is 0 Å². The van der Waals surface area contributed by atoms with Crippen molar-refractivity contribution in [1.29, 1.82) is 0 Å². The lowest BCUT2D eigenvalue weighted by molar-refractivity contribution is -0.405. The molecule has 1 aromatic carbocycles. The van der Waals surface area contributed by atoms with Gasteiger partial charge >= 0.3 is 5.97 Å². The van der Waals surface area contributed by atoms with E-state index in [4.69, 9.17) is 9.47 Å². The predicted octanol–water partition coefficient (Wildman–Crippen LogP) is 1.15. The SMILES string of the molecule is CC(=O)OC1CC2Cc3ccccc3C3(O)COC213. The van der Waals surface area contributed by atoms with Crippen molar-refractivity contribution in [3.8, 4) is 0 Å². The maximum absolute atomic E-state index is 11.2. The van der Waals surface area contributed by atoms with E-state index in [2.05, 4.69) is 6.07 Å². The quantitative estimate of drug-likeness (QED) is 0.770. The molecule has 0 bridgehead atoms.